The Morgan fingerprint density at radius 2 is 1.72 bits per heavy atom. The SMILES string of the molecule is CCCC(C#N)(CCC)C(=O)N(C)C(C)(C)CO. The topological polar surface area (TPSA) is 64.3 Å². The Bertz CT molecular complexity index is 312. The van der Waals surface area contributed by atoms with Crippen LogP contribution in [0.3, 0.4) is 0 Å². The van der Waals surface area contributed by atoms with Crippen molar-refractivity contribution in [1.82, 2.24) is 4.90 Å². The number of nitrogens with zero attached hydrogens (tertiary/aromatic N) is 2. The predicted octanol–water partition coefficient (Wildman–Crippen LogP) is 2.33. The van der Waals surface area contributed by atoms with Crippen molar-refractivity contribution in [2.24, 2.45) is 5.41 Å². The molecule has 1 N–H and O–H groups in total. The summed E-state index contributed by atoms with van der Waals surface area (Å²) in [5.41, 5.74) is -1.58. The van der Waals surface area contributed by atoms with E-state index in [4.69, 9.17) is 0 Å². The van der Waals surface area contributed by atoms with E-state index >= 15 is 0 Å². The van der Waals surface area contributed by atoms with Crippen molar-refractivity contribution in [3.63, 3.8) is 0 Å². The van der Waals surface area contributed by atoms with E-state index in [2.05, 4.69) is 6.07 Å². The van der Waals surface area contributed by atoms with Crippen LogP contribution >= 0.6 is 0 Å². The lowest BCUT2D eigenvalue weighted by atomic mass is 9.78. The molecule has 104 valence electrons. The Labute approximate surface area is 111 Å². The van der Waals surface area contributed by atoms with Crippen molar-refractivity contribution >= 4 is 5.91 Å². The number of aliphatic hydroxyl groups is 1. The van der Waals surface area contributed by atoms with Crippen LogP contribution in [0.4, 0.5) is 0 Å². The van der Waals surface area contributed by atoms with Crippen molar-refractivity contribution in [3.8, 4) is 6.07 Å². The number of hydrogen-bond acceptors (Lipinski definition) is 3. The first-order valence-corrected chi connectivity index (χ1v) is 6.61. The highest BCUT2D eigenvalue weighted by atomic mass is 16.3. The molecule has 0 aliphatic heterocycles. The molecule has 0 fully saturated rings. The molecular weight excluding hydrogens is 228 g/mol. The van der Waals surface area contributed by atoms with Gasteiger partial charge in [-0.1, -0.05) is 26.7 Å². The van der Waals surface area contributed by atoms with Gasteiger partial charge in [0.15, 0.2) is 0 Å². The molecule has 18 heavy (non-hydrogen) atoms. The average Bonchev–Trinajstić information content (AvgIpc) is 2.36. The molecule has 0 aromatic heterocycles. The highest BCUT2D eigenvalue weighted by Gasteiger charge is 2.42. The number of hydrogen-bond donors (Lipinski definition) is 1. The lowest BCUT2D eigenvalue weighted by Gasteiger charge is -2.39. The standard InChI is InChI=1S/C14H26N2O2/c1-6-8-14(10-15,9-7-2)12(18)16(5)13(3,4)11-17/h17H,6-9,11H2,1-5H3. The zero-order chi connectivity index (χ0) is 14.4. The number of aliphatic hydroxyl groups excluding tert-OH is 1. The molecule has 0 aliphatic carbocycles. The maximum atomic E-state index is 12.6. The largest absolute Gasteiger partial charge is 0.394 e. The number of rotatable bonds is 7. The third-order valence-electron chi connectivity index (χ3n) is 3.58. The summed E-state index contributed by atoms with van der Waals surface area (Å²) >= 11 is 0. The molecule has 0 saturated heterocycles. The first-order valence-electron chi connectivity index (χ1n) is 6.61. The Balaban J connectivity index is 5.26. The molecule has 0 rings (SSSR count). The molecule has 0 atom stereocenters. The van der Waals surface area contributed by atoms with Gasteiger partial charge in [0.1, 0.15) is 5.41 Å². The molecule has 0 radical (unpaired) electrons. The van der Waals surface area contributed by atoms with Crippen LogP contribution in [0.15, 0.2) is 0 Å². The first-order chi connectivity index (χ1) is 8.31. The molecule has 0 aliphatic rings. The molecule has 0 heterocycles. The number of likely N-dealkylation sites (N-methyl/N-ethyl adjacent to an activating group) is 1. The number of amides is 1. The Hall–Kier alpha value is -1.08. The maximum absolute atomic E-state index is 12.6. The zero-order valence-electron chi connectivity index (χ0n) is 12.3. The quantitative estimate of drug-likeness (QED) is 0.758. The second-order valence-electron chi connectivity index (χ2n) is 5.53. The summed E-state index contributed by atoms with van der Waals surface area (Å²) in [5.74, 6) is -0.173. The van der Waals surface area contributed by atoms with Gasteiger partial charge in [-0.25, -0.2) is 0 Å². The van der Waals surface area contributed by atoms with E-state index < -0.39 is 11.0 Å². The second-order valence-corrected chi connectivity index (χ2v) is 5.53. The minimum atomic E-state index is -0.940. The van der Waals surface area contributed by atoms with Gasteiger partial charge >= 0.3 is 0 Å². The van der Waals surface area contributed by atoms with Gasteiger partial charge < -0.3 is 10.0 Å². The van der Waals surface area contributed by atoms with Gasteiger partial charge in [0.05, 0.1) is 18.2 Å². The van der Waals surface area contributed by atoms with Crippen LogP contribution < -0.4 is 0 Å². The van der Waals surface area contributed by atoms with E-state index in [9.17, 15) is 15.2 Å². The molecule has 0 saturated carbocycles. The van der Waals surface area contributed by atoms with Gasteiger partial charge in [-0.05, 0) is 26.7 Å². The van der Waals surface area contributed by atoms with E-state index in [1.807, 2.05) is 13.8 Å². The van der Waals surface area contributed by atoms with E-state index in [-0.39, 0.29) is 12.5 Å². The van der Waals surface area contributed by atoms with Crippen LogP contribution in [0, 0.1) is 16.7 Å². The van der Waals surface area contributed by atoms with E-state index in [1.54, 1.807) is 20.9 Å². The Morgan fingerprint density at radius 3 is 2.00 bits per heavy atom. The van der Waals surface area contributed by atoms with Gasteiger partial charge in [-0.15, -0.1) is 0 Å². The second kappa shape index (κ2) is 6.75. The number of nitriles is 1. The average molecular weight is 254 g/mol. The van der Waals surface area contributed by atoms with Crippen LogP contribution in [0.1, 0.15) is 53.4 Å². The summed E-state index contributed by atoms with van der Waals surface area (Å²) in [4.78, 5) is 14.1. The van der Waals surface area contributed by atoms with E-state index in [0.29, 0.717) is 12.8 Å². The fourth-order valence-corrected chi connectivity index (χ4v) is 2.05. The molecule has 4 nitrogen and oxygen atoms in total. The smallest absolute Gasteiger partial charge is 0.243 e. The van der Waals surface area contributed by atoms with Crippen LogP contribution in [-0.2, 0) is 4.79 Å². The monoisotopic (exact) mass is 254 g/mol. The summed E-state index contributed by atoms with van der Waals surface area (Å²) in [7, 11) is 1.66. The van der Waals surface area contributed by atoms with Crippen molar-refractivity contribution in [3.05, 3.63) is 0 Å². The Kier molecular flexibility index (Phi) is 6.34. The molecule has 0 bridgehead atoms. The third-order valence-corrected chi connectivity index (χ3v) is 3.58. The lowest BCUT2D eigenvalue weighted by molar-refractivity contribution is -0.144. The van der Waals surface area contributed by atoms with Gasteiger partial charge in [0, 0.05) is 7.05 Å². The highest BCUT2D eigenvalue weighted by molar-refractivity contribution is 5.85. The van der Waals surface area contributed by atoms with Gasteiger partial charge in [0.25, 0.3) is 0 Å². The lowest BCUT2D eigenvalue weighted by Crippen LogP contribution is -2.53. The molecule has 0 aromatic carbocycles. The normalized spacial score (nSPS) is 12.1. The van der Waals surface area contributed by atoms with E-state index in [0.717, 1.165) is 12.8 Å². The summed E-state index contributed by atoms with van der Waals surface area (Å²) in [5, 5.41) is 18.8. The molecule has 1 amide bonds. The van der Waals surface area contributed by atoms with Gasteiger partial charge in [0.2, 0.25) is 5.91 Å². The highest BCUT2D eigenvalue weighted by Crippen LogP contribution is 2.33. The van der Waals surface area contributed by atoms with Crippen LogP contribution in [0.5, 0.6) is 0 Å². The summed E-state index contributed by atoms with van der Waals surface area (Å²) in [6.07, 6.45) is 2.74. The van der Waals surface area contributed by atoms with Crippen LogP contribution in [0.25, 0.3) is 0 Å². The maximum Gasteiger partial charge on any atom is 0.243 e. The molecule has 0 spiro atoms. The van der Waals surface area contributed by atoms with Crippen molar-refractivity contribution in [2.45, 2.75) is 58.9 Å². The molecule has 4 heteroatoms. The molecule has 0 aromatic rings. The van der Waals surface area contributed by atoms with Crippen LogP contribution in [-0.4, -0.2) is 35.1 Å². The third kappa shape index (κ3) is 3.46. The van der Waals surface area contributed by atoms with E-state index in [1.165, 1.54) is 4.90 Å². The van der Waals surface area contributed by atoms with Crippen molar-refractivity contribution in [2.75, 3.05) is 13.7 Å². The number of carbonyl (C=O) groups is 1. The van der Waals surface area contributed by atoms with Crippen molar-refractivity contribution < 1.29 is 9.90 Å². The number of carbonyl (C=O) groups excluding carboxylic acids is 1. The Morgan fingerprint density at radius 1 is 1.28 bits per heavy atom. The fourth-order valence-electron chi connectivity index (χ4n) is 2.05. The summed E-state index contributed by atoms with van der Waals surface area (Å²) < 4.78 is 0. The summed E-state index contributed by atoms with van der Waals surface area (Å²) in [6.45, 7) is 7.43. The minimum Gasteiger partial charge on any atom is -0.394 e. The van der Waals surface area contributed by atoms with Crippen LogP contribution in [0.2, 0.25) is 0 Å². The minimum absolute atomic E-state index is 0.116. The van der Waals surface area contributed by atoms with Gasteiger partial charge in [-0.2, -0.15) is 5.26 Å². The summed E-state index contributed by atoms with van der Waals surface area (Å²) in [6, 6.07) is 2.22. The fraction of sp³-hybridized carbons (Fsp3) is 0.857. The van der Waals surface area contributed by atoms with Gasteiger partial charge in [-0.3, -0.25) is 4.79 Å². The zero-order valence-corrected chi connectivity index (χ0v) is 12.3. The first kappa shape index (κ1) is 16.9. The van der Waals surface area contributed by atoms with Crippen molar-refractivity contribution in [1.29, 1.82) is 5.26 Å². The molecule has 0 unspecified atom stereocenters. The molecular formula is C14H26N2O2. The predicted molar refractivity (Wildman–Crippen MR) is 71.8 cm³/mol.